The number of amides is 1. The maximum Gasteiger partial charge on any atom is 0.494 e. The second kappa shape index (κ2) is 9.28. The Hall–Kier alpha value is -3.75. The Morgan fingerprint density at radius 2 is 1.38 bits per heavy atom. The van der Waals surface area contributed by atoms with Crippen LogP contribution in [-0.4, -0.2) is 46.3 Å². The third kappa shape index (κ3) is 4.70. The number of benzene rings is 3. The van der Waals surface area contributed by atoms with E-state index in [0.29, 0.717) is 27.4 Å². The molecule has 1 atom stereocenters. The molecule has 5 rings (SSSR count). The van der Waals surface area contributed by atoms with Crippen LogP contribution in [0, 0.1) is 0 Å². The molecule has 2 heterocycles. The molecule has 1 aliphatic heterocycles. The number of aromatic nitrogens is 1. The summed E-state index contributed by atoms with van der Waals surface area (Å²) in [4.78, 5) is 30.3. The van der Waals surface area contributed by atoms with Crippen LogP contribution in [-0.2, 0) is 20.5 Å². The Morgan fingerprint density at radius 3 is 1.89 bits per heavy atom. The zero-order valence-corrected chi connectivity index (χ0v) is 21.3. The van der Waals surface area contributed by atoms with E-state index >= 15 is 0 Å². The lowest BCUT2D eigenvalue weighted by molar-refractivity contribution is -0.139. The zero-order chi connectivity index (χ0) is 26.4. The highest BCUT2D eigenvalue weighted by atomic mass is 16.7. The molecule has 1 aliphatic rings. The molecule has 0 radical (unpaired) electrons. The number of aliphatic carboxylic acids is 1. The fourth-order valence-corrected chi connectivity index (χ4v) is 4.54. The number of carbonyl (C=O) groups is 2. The Kier molecular flexibility index (Phi) is 6.26. The predicted molar refractivity (Wildman–Crippen MR) is 144 cm³/mol. The fraction of sp³-hybridized carbons (Fsp3) is 0.276. The van der Waals surface area contributed by atoms with Gasteiger partial charge in [0, 0.05) is 17.2 Å². The van der Waals surface area contributed by atoms with Crippen LogP contribution < -0.4 is 10.8 Å². The highest BCUT2D eigenvalue weighted by molar-refractivity contribution is 6.62. The van der Waals surface area contributed by atoms with Crippen LogP contribution in [0.5, 0.6) is 0 Å². The van der Waals surface area contributed by atoms with Crippen LogP contribution >= 0.6 is 0 Å². The van der Waals surface area contributed by atoms with E-state index in [-0.39, 0.29) is 6.42 Å². The average molecular weight is 496 g/mol. The number of hydrogen-bond donors (Lipinski definition) is 2. The van der Waals surface area contributed by atoms with Crippen molar-refractivity contribution in [2.45, 2.75) is 51.4 Å². The van der Waals surface area contributed by atoms with Crippen molar-refractivity contribution in [3.05, 3.63) is 83.9 Å². The van der Waals surface area contributed by atoms with Crippen LogP contribution in [0.2, 0.25) is 0 Å². The summed E-state index contributed by atoms with van der Waals surface area (Å²) in [6, 6.07) is 21.1. The average Bonchev–Trinajstić information content (AvgIpc) is 3.08. The van der Waals surface area contributed by atoms with Gasteiger partial charge in [-0.05, 0) is 50.9 Å². The van der Waals surface area contributed by atoms with Crippen LogP contribution in [0.15, 0.2) is 72.8 Å². The number of hydrogen-bond acceptors (Lipinski definition) is 5. The topological polar surface area (TPSA) is 97.8 Å². The van der Waals surface area contributed by atoms with Gasteiger partial charge in [0.15, 0.2) is 0 Å². The number of nitrogens with zero attached hydrogens (tertiary/aromatic N) is 1. The smallest absolute Gasteiger partial charge is 0.480 e. The van der Waals surface area contributed by atoms with Gasteiger partial charge in [0.05, 0.1) is 27.8 Å². The van der Waals surface area contributed by atoms with E-state index in [0.717, 1.165) is 11.0 Å². The molecule has 3 aromatic carbocycles. The van der Waals surface area contributed by atoms with Gasteiger partial charge in [0.1, 0.15) is 6.04 Å². The van der Waals surface area contributed by atoms with Gasteiger partial charge in [0.25, 0.3) is 5.91 Å². The molecule has 7 nitrogen and oxygen atoms in total. The van der Waals surface area contributed by atoms with Crippen LogP contribution in [0.4, 0.5) is 0 Å². The molecule has 2 N–H and O–H groups in total. The van der Waals surface area contributed by atoms with Crippen molar-refractivity contribution in [1.82, 2.24) is 10.3 Å². The fourth-order valence-electron chi connectivity index (χ4n) is 4.54. The van der Waals surface area contributed by atoms with E-state index in [1.807, 2.05) is 100 Å². The summed E-state index contributed by atoms with van der Waals surface area (Å²) in [6.07, 6.45) is 0.131. The van der Waals surface area contributed by atoms with Crippen LogP contribution in [0.1, 0.15) is 43.6 Å². The Labute approximate surface area is 216 Å². The van der Waals surface area contributed by atoms with E-state index in [4.69, 9.17) is 9.31 Å². The summed E-state index contributed by atoms with van der Waals surface area (Å²) >= 11 is 0. The summed E-state index contributed by atoms with van der Waals surface area (Å²) < 4.78 is 12.2. The zero-order valence-electron chi connectivity index (χ0n) is 21.3. The molecular weight excluding hydrogens is 467 g/mol. The SMILES string of the molecule is CC1(C)OB(c2ccc(C[C@@H](NC(=O)c3c4ccccc4nc4ccccc34)C(=O)O)cc2)OC1(C)C. The lowest BCUT2D eigenvalue weighted by atomic mass is 9.78. The molecule has 0 saturated carbocycles. The molecule has 1 aromatic heterocycles. The molecule has 0 aliphatic carbocycles. The molecule has 1 amide bonds. The van der Waals surface area contributed by atoms with E-state index in [1.165, 1.54) is 0 Å². The summed E-state index contributed by atoms with van der Waals surface area (Å²) in [5.41, 5.74) is 2.51. The number of nitrogens with one attached hydrogen (secondary N) is 1. The lowest BCUT2D eigenvalue weighted by Gasteiger charge is -2.32. The summed E-state index contributed by atoms with van der Waals surface area (Å²) in [7, 11) is -0.498. The first kappa shape index (κ1) is 24.9. The largest absolute Gasteiger partial charge is 0.494 e. The maximum absolute atomic E-state index is 13.5. The van der Waals surface area contributed by atoms with Gasteiger partial charge in [-0.2, -0.15) is 0 Å². The monoisotopic (exact) mass is 496 g/mol. The van der Waals surface area contributed by atoms with E-state index in [2.05, 4.69) is 10.3 Å². The first-order valence-electron chi connectivity index (χ1n) is 12.3. The maximum atomic E-state index is 13.5. The molecule has 1 saturated heterocycles. The van der Waals surface area contributed by atoms with Gasteiger partial charge < -0.3 is 19.7 Å². The normalized spacial score (nSPS) is 17.1. The van der Waals surface area contributed by atoms with Crippen molar-refractivity contribution in [2.24, 2.45) is 0 Å². The molecule has 188 valence electrons. The first-order valence-corrected chi connectivity index (χ1v) is 12.3. The quantitative estimate of drug-likeness (QED) is 0.308. The molecule has 8 heteroatoms. The molecule has 37 heavy (non-hydrogen) atoms. The van der Waals surface area contributed by atoms with Gasteiger partial charge >= 0.3 is 13.1 Å². The van der Waals surface area contributed by atoms with Crippen molar-refractivity contribution in [2.75, 3.05) is 0 Å². The highest BCUT2D eigenvalue weighted by Gasteiger charge is 2.51. The number of rotatable bonds is 6. The predicted octanol–water partition coefficient (Wildman–Crippen LogP) is 4.11. The summed E-state index contributed by atoms with van der Waals surface area (Å²) in [5.74, 6) is -1.55. The number of carbonyl (C=O) groups excluding carboxylic acids is 1. The third-order valence-electron chi connectivity index (χ3n) is 7.36. The summed E-state index contributed by atoms with van der Waals surface area (Å²) in [6.45, 7) is 7.99. The number of para-hydroxylation sites is 2. The number of carboxylic acids is 1. The Balaban J connectivity index is 1.38. The van der Waals surface area contributed by atoms with E-state index < -0.39 is 36.2 Å². The lowest BCUT2D eigenvalue weighted by Crippen LogP contribution is -2.42. The van der Waals surface area contributed by atoms with Gasteiger partial charge in [0.2, 0.25) is 0 Å². The molecule has 1 fully saturated rings. The van der Waals surface area contributed by atoms with Crippen molar-refractivity contribution < 1.29 is 24.0 Å². The van der Waals surface area contributed by atoms with Crippen LogP contribution in [0.25, 0.3) is 21.8 Å². The minimum absolute atomic E-state index is 0.131. The Morgan fingerprint density at radius 1 is 0.865 bits per heavy atom. The molecular formula is C29H29BN2O5. The van der Waals surface area contributed by atoms with Crippen molar-refractivity contribution in [1.29, 1.82) is 0 Å². The Bertz CT molecular complexity index is 1430. The molecule has 0 spiro atoms. The van der Waals surface area contributed by atoms with Gasteiger partial charge in [-0.25, -0.2) is 9.78 Å². The van der Waals surface area contributed by atoms with Crippen molar-refractivity contribution >= 4 is 46.3 Å². The van der Waals surface area contributed by atoms with Gasteiger partial charge in [-0.15, -0.1) is 0 Å². The minimum atomic E-state index is -1.11. The standard InChI is InChI=1S/C29H29BN2O5/c1-28(2)29(3,4)37-30(36-28)19-15-13-18(14-16-19)17-24(27(34)35)32-26(33)25-20-9-5-7-11-22(20)31-23-12-8-6-10-21(23)25/h5-16,24H,17H2,1-4H3,(H,32,33)(H,34,35)/t24-/m1/s1. The number of pyridine rings is 1. The first-order chi connectivity index (χ1) is 17.6. The molecule has 0 unspecified atom stereocenters. The third-order valence-corrected chi connectivity index (χ3v) is 7.36. The van der Waals surface area contributed by atoms with Gasteiger partial charge in [-0.1, -0.05) is 60.7 Å². The number of fused-ring (bicyclic) bond motifs is 2. The molecule has 4 aromatic rings. The summed E-state index contributed by atoms with van der Waals surface area (Å²) in [5, 5.41) is 14.0. The minimum Gasteiger partial charge on any atom is -0.480 e. The second-order valence-electron chi connectivity index (χ2n) is 10.4. The van der Waals surface area contributed by atoms with E-state index in [9.17, 15) is 14.7 Å². The molecule has 0 bridgehead atoms. The van der Waals surface area contributed by atoms with Gasteiger partial charge in [-0.3, -0.25) is 4.79 Å². The second-order valence-corrected chi connectivity index (χ2v) is 10.4. The van der Waals surface area contributed by atoms with Crippen LogP contribution in [0.3, 0.4) is 0 Å². The van der Waals surface area contributed by atoms with Crippen molar-refractivity contribution in [3.8, 4) is 0 Å². The number of carboxylic acid groups (broad SMARTS) is 1. The van der Waals surface area contributed by atoms with E-state index in [1.54, 1.807) is 0 Å². The highest BCUT2D eigenvalue weighted by Crippen LogP contribution is 2.36. The van der Waals surface area contributed by atoms with Crippen molar-refractivity contribution in [3.63, 3.8) is 0 Å².